The summed E-state index contributed by atoms with van der Waals surface area (Å²) in [7, 11) is 0. The van der Waals surface area contributed by atoms with E-state index < -0.39 is 89.4 Å². The van der Waals surface area contributed by atoms with E-state index in [1.54, 1.807) is 33.8 Å². The zero-order valence-electron chi connectivity index (χ0n) is 30.2. The van der Waals surface area contributed by atoms with Crippen molar-refractivity contribution in [1.82, 2.24) is 0 Å². The molecule has 8 atom stereocenters. The molecule has 13 nitrogen and oxygen atoms in total. The second kappa shape index (κ2) is 15.9. The molecule has 0 amide bonds. The first-order valence-electron chi connectivity index (χ1n) is 17.2. The maximum Gasteiger partial charge on any atom is 0.343 e. The maximum absolute atomic E-state index is 13.5. The Kier molecular flexibility index (Phi) is 12.9. The number of unbranched alkanes of at least 4 members (excludes halogenated alkanes) is 4. The lowest BCUT2D eigenvalue weighted by Crippen LogP contribution is -2.66. The fraction of sp³-hybridized carbons (Fsp3) is 0.722. The van der Waals surface area contributed by atoms with Crippen LogP contribution >= 0.6 is 0 Å². The highest BCUT2D eigenvalue weighted by atomic mass is 16.7. The van der Waals surface area contributed by atoms with Gasteiger partial charge >= 0.3 is 35.8 Å². The molecule has 0 spiro atoms. The smallest absolute Gasteiger partial charge is 0.343 e. The minimum atomic E-state index is -2.58. The van der Waals surface area contributed by atoms with E-state index in [4.69, 9.17) is 28.4 Å². The van der Waals surface area contributed by atoms with E-state index in [1.165, 1.54) is 13.8 Å². The summed E-state index contributed by atoms with van der Waals surface area (Å²) in [5.74, 6) is -6.07. The van der Waals surface area contributed by atoms with Gasteiger partial charge in [-0.3, -0.25) is 19.2 Å². The Morgan fingerprint density at radius 2 is 1.49 bits per heavy atom. The van der Waals surface area contributed by atoms with Gasteiger partial charge in [0.1, 0.15) is 5.60 Å². The van der Waals surface area contributed by atoms with Crippen molar-refractivity contribution in [2.24, 2.45) is 5.92 Å². The van der Waals surface area contributed by atoms with Crippen molar-refractivity contribution in [3.8, 4) is 0 Å². The summed E-state index contributed by atoms with van der Waals surface area (Å²) in [5.41, 5.74) is -6.03. The molecule has 13 heteroatoms. The summed E-state index contributed by atoms with van der Waals surface area (Å²) in [6.45, 7) is 13.5. The molecule has 0 radical (unpaired) electrons. The van der Waals surface area contributed by atoms with Crippen LogP contribution in [0, 0.1) is 5.92 Å². The van der Waals surface area contributed by atoms with Gasteiger partial charge in [-0.05, 0) is 58.6 Å². The maximum atomic E-state index is 13.5. The van der Waals surface area contributed by atoms with Crippen LogP contribution in [0.25, 0.3) is 0 Å². The molecular formula is C36H52O13. The van der Waals surface area contributed by atoms with E-state index in [-0.39, 0.29) is 29.6 Å². The highest BCUT2D eigenvalue weighted by Crippen LogP contribution is 2.59. The third-order valence-electron chi connectivity index (χ3n) is 9.78. The Labute approximate surface area is 288 Å². The average Bonchev–Trinajstić information content (AvgIpc) is 3.34. The zero-order chi connectivity index (χ0) is 36.9. The quantitative estimate of drug-likeness (QED) is 0.0886. The van der Waals surface area contributed by atoms with Crippen molar-refractivity contribution in [1.29, 1.82) is 0 Å². The Balaban J connectivity index is 2.33. The molecule has 2 aliphatic carbocycles. The number of carbonyl (C=O) groups excluding carboxylic acids is 6. The summed E-state index contributed by atoms with van der Waals surface area (Å²) in [6.07, 6.45) is 0.0361. The Morgan fingerprint density at radius 3 is 2.06 bits per heavy atom. The van der Waals surface area contributed by atoms with E-state index in [2.05, 4.69) is 6.92 Å². The molecule has 274 valence electrons. The molecule has 0 aromatic carbocycles. The van der Waals surface area contributed by atoms with Gasteiger partial charge in [0.15, 0.2) is 24.4 Å². The van der Waals surface area contributed by atoms with E-state index in [9.17, 15) is 33.9 Å². The van der Waals surface area contributed by atoms with Gasteiger partial charge in [-0.1, -0.05) is 45.6 Å². The molecule has 3 aliphatic rings. The highest BCUT2D eigenvalue weighted by Gasteiger charge is 2.78. The first-order valence-corrected chi connectivity index (χ1v) is 17.2. The molecule has 0 bridgehead atoms. The van der Waals surface area contributed by atoms with Crippen LogP contribution in [0.3, 0.4) is 0 Å². The van der Waals surface area contributed by atoms with Gasteiger partial charge in [0.05, 0.1) is 5.92 Å². The average molecular weight is 693 g/mol. The third kappa shape index (κ3) is 7.86. The number of allylic oxidation sites excluding steroid dienone is 1. The minimum absolute atomic E-state index is 0.0511. The lowest BCUT2D eigenvalue weighted by Gasteiger charge is -2.43. The predicted molar refractivity (Wildman–Crippen MR) is 173 cm³/mol. The van der Waals surface area contributed by atoms with Crippen LogP contribution in [0.1, 0.15) is 120 Å². The second-order valence-corrected chi connectivity index (χ2v) is 13.6. The van der Waals surface area contributed by atoms with Crippen LogP contribution in [0.15, 0.2) is 22.8 Å². The van der Waals surface area contributed by atoms with Crippen molar-refractivity contribution in [2.45, 2.75) is 161 Å². The van der Waals surface area contributed by atoms with Crippen LogP contribution < -0.4 is 0 Å². The lowest BCUT2D eigenvalue weighted by atomic mass is 9.75. The number of carbonyl (C=O) groups is 6. The lowest BCUT2D eigenvalue weighted by molar-refractivity contribution is -0.227. The summed E-state index contributed by atoms with van der Waals surface area (Å²) in [5, 5.41) is 11.9. The summed E-state index contributed by atoms with van der Waals surface area (Å²) in [4.78, 5) is 78.9. The van der Waals surface area contributed by atoms with Gasteiger partial charge in [0.2, 0.25) is 11.2 Å². The van der Waals surface area contributed by atoms with Gasteiger partial charge in [0.25, 0.3) is 0 Å². The van der Waals surface area contributed by atoms with E-state index >= 15 is 0 Å². The normalized spacial score (nSPS) is 32.3. The van der Waals surface area contributed by atoms with Crippen LogP contribution in [0.5, 0.6) is 0 Å². The fourth-order valence-electron chi connectivity index (χ4n) is 7.34. The fourth-order valence-corrected chi connectivity index (χ4v) is 7.34. The van der Waals surface area contributed by atoms with Crippen molar-refractivity contribution in [3.63, 3.8) is 0 Å². The summed E-state index contributed by atoms with van der Waals surface area (Å²) >= 11 is 0. The Hall–Kier alpha value is -3.74. The number of fused-ring (bicyclic) bond motifs is 3. The van der Waals surface area contributed by atoms with Crippen LogP contribution in [0.4, 0.5) is 0 Å². The first-order chi connectivity index (χ1) is 22.9. The van der Waals surface area contributed by atoms with Crippen molar-refractivity contribution in [3.05, 3.63) is 22.8 Å². The minimum Gasteiger partial charge on any atom is -0.459 e. The van der Waals surface area contributed by atoms with Gasteiger partial charge in [0, 0.05) is 38.7 Å². The number of ether oxygens (including phenoxy) is 6. The number of hydrogen-bond acceptors (Lipinski definition) is 13. The van der Waals surface area contributed by atoms with E-state index in [0.717, 1.165) is 39.5 Å². The molecule has 0 unspecified atom stereocenters. The van der Waals surface area contributed by atoms with Crippen molar-refractivity contribution < 1.29 is 62.3 Å². The molecule has 1 heterocycles. The zero-order valence-corrected chi connectivity index (χ0v) is 30.2. The van der Waals surface area contributed by atoms with E-state index in [0.29, 0.717) is 12.8 Å². The van der Waals surface area contributed by atoms with E-state index in [1.807, 2.05) is 0 Å². The highest BCUT2D eigenvalue weighted by molar-refractivity contribution is 5.88. The van der Waals surface area contributed by atoms with Crippen molar-refractivity contribution in [2.75, 3.05) is 0 Å². The topological polar surface area (TPSA) is 178 Å². The monoisotopic (exact) mass is 692 g/mol. The van der Waals surface area contributed by atoms with Crippen LogP contribution in [0.2, 0.25) is 0 Å². The van der Waals surface area contributed by atoms with Crippen LogP contribution in [-0.2, 0) is 57.2 Å². The van der Waals surface area contributed by atoms with Gasteiger partial charge in [-0.25, -0.2) is 9.59 Å². The Morgan fingerprint density at radius 1 is 0.878 bits per heavy atom. The number of aliphatic hydroxyl groups is 1. The molecule has 1 saturated carbocycles. The molecule has 1 aliphatic heterocycles. The molecular weight excluding hydrogens is 640 g/mol. The number of hydrogen-bond donors (Lipinski definition) is 1. The second-order valence-electron chi connectivity index (χ2n) is 13.6. The van der Waals surface area contributed by atoms with Gasteiger partial charge < -0.3 is 33.5 Å². The molecule has 2 fully saturated rings. The molecule has 1 saturated heterocycles. The largest absolute Gasteiger partial charge is 0.459 e. The third-order valence-corrected chi connectivity index (χ3v) is 9.78. The Bertz CT molecular complexity index is 1380. The molecule has 3 rings (SSSR count). The SMILES string of the molecule is C/C=C(\C)C(=O)O[C@H]1C(C)=C2[C@H]([C@@H]1OC(=O)CCCCCCC)[C@@](C)(OC(C)=O)C[C@H](OC(=O)CCC)[C@@]1(OC(C)=O)[C@H]2OC(=O)[C@@]1(C)O. The molecule has 0 aromatic heterocycles. The predicted octanol–water partition coefficient (Wildman–Crippen LogP) is 4.50. The standard InChI is InChI=1S/C36H52O13/c1-10-13-14-15-16-18-26(40)45-30-28-27(21(5)29(30)46-32(41)20(4)12-3)31-36(49-23(7)38,35(9,43)33(42)47-31)24(44-25(39)17-11-2)19-34(28,8)48-22(6)37/h12,24,28-31,43H,10-11,13-19H2,1-9H3/b20-12+/t24-,28+,29-,30-,31-,34-,35+,36+/m0/s1. The van der Waals surface area contributed by atoms with Gasteiger partial charge in [-0.15, -0.1) is 0 Å². The molecule has 1 N–H and O–H groups in total. The summed E-state index contributed by atoms with van der Waals surface area (Å²) < 4.78 is 35.7. The summed E-state index contributed by atoms with van der Waals surface area (Å²) in [6, 6.07) is 0. The van der Waals surface area contributed by atoms with Crippen LogP contribution in [-0.4, -0.2) is 82.1 Å². The number of rotatable bonds is 14. The van der Waals surface area contributed by atoms with Gasteiger partial charge in [-0.2, -0.15) is 0 Å². The van der Waals surface area contributed by atoms with Crippen molar-refractivity contribution >= 4 is 35.8 Å². The molecule has 0 aromatic rings. The first kappa shape index (κ1) is 39.7. The molecule has 49 heavy (non-hydrogen) atoms. The number of esters is 6.